The van der Waals surface area contributed by atoms with Crippen LogP contribution in [0.15, 0.2) is 30.6 Å². The van der Waals surface area contributed by atoms with E-state index in [-0.39, 0.29) is 18.5 Å². The molecule has 2 aromatic heterocycles. The summed E-state index contributed by atoms with van der Waals surface area (Å²) in [7, 11) is 0. The van der Waals surface area contributed by atoms with Crippen LogP contribution in [0.5, 0.6) is 0 Å². The molecule has 0 unspecified atom stereocenters. The van der Waals surface area contributed by atoms with E-state index in [0.717, 1.165) is 31.6 Å². The molecular weight excluding hydrogens is 304 g/mol. The number of carbonyl (C=O) groups excluding carboxylic acids is 1. The van der Waals surface area contributed by atoms with Gasteiger partial charge in [0.05, 0.1) is 11.9 Å². The van der Waals surface area contributed by atoms with Crippen LogP contribution in [0.4, 0.5) is 0 Å². The molecule has 0 radical (unpaired) electrons. The number of hydrogen-bond acceptors (Lipinski definition) is 5. The molecule has 1 saturated heterocycles. The van der Waals surface area contributed by atoms with E-state index in [2.05, 4.69) is 39.4 Å². The second kappa shape index (κ2) is 7.53. The number of nitrogens with zero attached hydrogens (tertiary/aromatic N) is 5. The van der Waals surface area contributed by atoms with Gasteiger partial charge in [-0.15, -0.1) is 5.10 Å². The fourth-order valence-corrected chi connectivity index (χ4v) is 2.99. The smallest absolute Gasteiger partial charge is 0.242 e. The predicted molar refractivity (Wildman–Crippen MR) is 91.1 cm³/mol. The van der Waals surface area contributed by atoms with Crippen molar-refractivity contribution in [3.05, 3.63) is 30.6 Å². The fourth-order valence-electron chi connectivity index (χ4n) is 2.99. The van der Waals surface area contributed by atoms with Gasteiger partial charge in [0.1, 0.15) is 12.2 Å². The third kappa shape index (κ3) is 4.17. The number of nitrogens with one attached hydrogen (secondary N) is 1. The maximum absolute atomic E-state index is 12.2. The molecule has 0 saturated carbocycles. The Labute approximate surface area is 142 Å². The lowest BCUT2D eigenvalue weighted by molar-refractivity contribution is -0.122. The maximum Gasteiger partial charge on any atom is 0.242 e. The van der Waals surface area contributed by atoms with Crippen molar-refractivity contribution in [2.45, 2.75) is 45.3 Å². The van der Waals surface area contributed by atoms with E-state index >= 15 is 0 Å². The van der Waals surface area contributed by atoms with Crippen molar-refractivity contribution in [3.63, 3.8) is 0 Å². The molecule has 1 fully saturated rings. The van der Waals surface area contributed by atoms with Crippen LogP contribution in [0, 0.1) is 0 Å². The van der Waals surface area contributed by atoms with Gasteiger partial charge < -0.3 is 10.2 Å². The summed E-state index contributed by atoms with van der Waals surface area (Å²) in [5.74, 6) is -0.0181. The lowest BCUT2D eigenvalue weighted by atomic mass is 10.0. The van der Waals surface area contributed by atoms with Gasteiger partial charge in [0.25, 0.3) is 0 Å². The van der Waals surface area contributed by atoms with Crippen LogP contribution in [0.25, 0.3) is 11.4 Å². The molecule has 1 N–H and O–H groups in total. The summed E-state index contributed by atoms with van der Waals surface area (Å²) in [6.07, 6.45) is 5.47. The molecule has 0 bridgehead atoms. The molecule has 0 aliphatic carbocycles. The van der Waals surface area contributed by atoms with Crippen molar-refractivity contribution in [2.75, 3.05) is 13.1 Å². The summed E-state index contributed by atoms with van der Waals surface area (Å²) < 4.78 is 1.56. The quantitative estimate of drug-likeness (QED) is 0.896. The van der Waals surface area contributed by atoms with Gasteiger partial charge in [0, 0.05) is 31.4 Å². The molecule has 128 valence electrons. The lowest BCUT2D eigenvalue weighted by Crippen LogP contribution is -2.47. The minimum Gasteiger partial charge on any atom is -0.352 e. The van der Waals surface area contributed by atoms with Crippen molar-refractivity contribution in [1.29, 1.82) is 0 Å². The zero-order chi connectivity index (χ0) is 16.9. The molecule has 24 heavy (non-hydrogen) atoms. The van der Waals surface area contributed by atoms with Crippen LogP contribution in [-0.2, 0) is 11.3 Å². The van der Waals surface area contributed by atoms with E-state index in [9.17, 15) is 4.79 Å². The van der Waals surface area contributed by atoms with E-state index in [1.165, 1.54) is 0 Å². The molecule has 0 atom stereocenters. The summed E-state index contributed by atoms with van der Waals surface area (Å²) >= 11 is 0. The number of carbonyl (C=O) groups is 1. The molecule has 1 aliphatic heterocycles. The normalized spacial score (nSPS) is 16.5. The number of hydrogen-bond donors (Lipinski definition) is 1. The highest BCUT2D eigenvalue weighted by atomic mass is 16.2. The maximum atomic E-state index is 12.2. The summed E-state index contributed by atoms with van der Waals surface area (Å²) in [6, 6.07) is 6.45. The highest BCUT2D eigenvalue weighted by Crippen LogP contribution is 2.13. The minimum atomic E-state index is -0.0181. The molecular formula is C17H24N6O. The zero-order valence-corrected chi connectivity index (χ0v) is 14.2. The topological polar surface area (TPSA) is 75.9 Å². The van der Waals surface area contributed by atoms with Gasteiger partial charge >= 0.3 is 0 Å². The Morgan fingerprint density at radius 3 is 2.75 bits per heavy atom. The molecule has 1 aliphatic rings. The van der Waals surface area contributed by atoms with Gasteiger partial charge in [0.2, 0.25) is 5.91 Å². The van der Waals surface area contributed by atoms with Crippen molar-refractivity contribution >= 4 is 5.91 Å². The van der Waals surface area contributed by atoms with Crippen molar-refractivity contribution in [1.82, 2.24) is 30.2 Å². The van der Waals surface area contributed by atoms with Crippen molar-refractivity contribution in [3.8, 4) is 11.4 Å². The first kappa shape index (κ1) is 16.6. The number of rotatable bonds is 5. The van der Waals surface area contributed by atoms with Crippen LogP contribution in [0.2, 0.25) is 0 Å². The third-order valence-corrected chi connectivity index (χ3v) is 4.40. The lowest BCUT2D eigenvalue weighted by Gasteiger charge is -2.34. The molecule has 2 aromatic rings. The molecule has 3 heterocycles. The van der Waals surface area contributed by atoms with Gasteiger partial charge in [-0.25, -0.2) is 4.68 Å². The van der Waals surface area contributed by atoms with Crippen LogP contribution in [0.1, 0.15) is 26.7 Å². The van der Waals surface area contributed by atoms with Crippen LogP contribution in [0.3, 0.4) is 0 Å². The average Bonchev–Trinajstić information content (AvgIpc) is 3.04. The van der Waals surface area contributed by atoms with Crippen LogP contribution in [-0.4, -0.2) is 56.0 Å². The molecule has 0 spiro atoms. The number of likely N-dealkylation sites (tertiary alicyclic amines) is 1. The Balaban J connectivity index is 1.50. The Kier molecular flexibility index (Phi) is 5.20. The SMILES string of the molecule is CC(C)N1CCC(NC(=O)Cn2cc(-c3ccccn3)nn2)CC1. The minimum absolute atomic E-state index is 0.0181. The first-order valence-corrected chi connectivity index (χ1v) is 8.47. The number of amides is 1. The Bertz CT molecular complexity index is 661. The van der Waals surface area contributed by atoms with Crippen LogP contribution >= 0.6 is 0 Å². The second-order valence-electron chi connectivity index (χ2n) is 6.49. The first-order chi connectivity index (χ1) is 11.6. The molecule has 7 heteroatoms. The van der Waals surface area contributed by atoms with Crippen molar-refractivity contribution < 1.29 is 4.79 Å². The van der Waals surface area contributed by atoms with E-state index in [1.54, 1.807) is 17.1 Å². The first-order valence-electron chi connectivity index (χ1n) is 8.47. The average molecular weight is 328 g/mol. The Morgan fingerprint density at radius 2 is 2.08 bits per heavy atom. The van der Waals surface area contributed by atoms with E-state index in [0.29, 0.717) is 11.7 Å². The second-order valence-corrected chi connectivity index (χ2v) is 6.49. The highest BCUT2D eigenvalue weighted by molar-refractivity contribution is 5.76. The monoisotopic (exact) mass is 328 g/mol. The number of pyridine rings is 1. The van der Waals surface area contributed by atoms with Crippen LogP contribution < -0.4 is 5.32 Å². The van der Waals surface area contributed by atoms with Gasteiger partial charge in [-0.05, 0) is 38.8 Å². The summed E-state index contributed by atoms with van der Waals surface area (Å²) in [5.41, 5.74) is 1.43. The van der Waals surface area contributed by atoms with E-state index in [4.69, 9.17) is 0 Å². The third-order valence-electron chi connectivity index (χ3n) is 4.40. The van der Waals surface area contributed by atoms with E-state index < -0.39 is 0 Å². The Morgan fingerprint density at radius 1 is 1.29 bits per heavy atom. The molecule has 0 aromatic carbocycles. The van der Waals surface area contributed by atoms with Gasteiger partial charge in [-0.2, -0.15) is 0 Å². The van der Waals surface area contributed by atoms with Gasteiger partial charge in [-0.3, -0.25) is 9.78 Å². The molecule has 7 nitrogen and oxygen atoms in total. The predicted octanol–water partition coefficient (Wildman–Crippen LogP) is 1.33. The number of aromatic nitrogens is 4. The largest absolute Gasteiger partial charge is 0.352 e. The van der Waals surface area contributed by atoms with Gasteiger partial charge in [-0.1, -0.05) is 11.3 Å². The standard InChI is InChI=1S/C17H24N6O/c1-13(2)22-9-6-14(7-10-22)19-17(24)12-23-11-16(20-21-23)15-5-3-4-8-18-15/h3-5,8,11,13-14H,6-7,9-10,12H2,1-2H3,(H,19,24). The highest BCUT2D eigenvalue weighted by Gasteiger charge is 2.22. The summed E-state index contributed by atoms with van der Waals surface area (Å²) in [4.78, 5) is 18.9. The summed E-state index contributed by atoms with van der Waals surface area (Å²) in [6.45, 7) is 6.68. The zero-order valence-electron chi connectivity index (χ0n) is 14.2. The van der Waals surface area contributed by atoms with Crippen molar-refractivity contribution in [2.24, 2.45) is 0 Å². The Hall–Kier alpha value is -2.28. The molecule has 1 amide bonds. The fraction of sp³-hybridized carbons (Fsp3) is 0.529. The van der Waals surface area contributed by atoms with Gasteiger partial charge in [0.15, 0.2) is 0 Å². The number of piperidine rings is 1. The molecule has 3 rings (SSSR count). The van der Waals surface area contributed by atoms with E-state index in [1.807, 2.05) is 18.2 Å². The summed E-state index contributed by atoms with van der Waals surface area (Å²) in [5, 5.41) is 11.2.